The van der Waals surface area contributed by atoms with Crippen LogP contribution in [-0.2, 0) is 9.59 Å². The zero-order valence-corrected chi connectivity index (χ0v) is 22.4. The van der Waals surface area contributed by atoms with Crippen molar-refractivity contribution >= 4 is 11.9 Å². The molecule has 4 N–H and O–H groups in total. The van der Waals surface area contributed by atoms with Gasteiger partial charge in [0.1, 0.15) is 0 Å². The van der Waals surface area contributed by atoms with Gasteiger partial charge in [0, 0.05) is 28.6 Å². The molecule has 0 aliphatic carbocycles. The highest BCUT2D eigenvalue weighted by atomic mass is 16.4. The summed E-state index contributed by atoms with van der Waals surface area (Å²) in [5.41, 5.74) is -1.25. The summed E-state index contributed by atoms with van der Waals surface area (Å²) in [6, 6.07) is 0. The number of carbonyl (C=O) groups is 2. The van der Waals surface area contributed by atoms with Gasteiger partial charge in [0.15, 0.2) is 0 Å². The van der Waals surface area contributed by atoms with Crippen LogP contribution in [0.2, 0.25) is 0 Å². The Morgan fingerprint density at radius 2 is 1.06 bits per heavy atom. The largest absolute Gasteiger partial charge is 0.481 e. The molecule has 6 nitrogen and oxygen atoms in total. The van der Waals surface area contributed by atoms with Crippen molar-refractivity contribution in [3.05, 3.63) is 0 Å². The van der Waals surface area contributed by atoms with Gasteiger partial charge < -0.3 is 20.8 Å². The molecule has 0 atom stereocenters. The molecule has 33 heavy (non-hydrogen) atoms. The normalized spacial score (nSPS) is 25.0. The van der Waals surface area contributed by atoms with E-state index in [9.17, 15) is 14.7 Å². The van der Waals surface area contributed by atoms with Crippen LogP contribution in [0, 0.1) is 17.3 Å². The molecule has 0 bridgehead atoms. The average Bonchev–Trinajstić information content (AvgIpc) is 2.55. The smallest absolute Gasteiger partial charge is 0.310 e. The molecule has 0 saturated carbocycles. The Labute approximate surface area is 201 Å². The highest BCUT2D eigenvalue weighted by molar-refractivity contribution is 5.76. The lowest BCUT2D eigenvalue weighted by molar-refractivity contribution is -0.166. The van der Waals surface area contributed by atoms with E-state index in [2.05, 4.69) is 66.0 Å². The molecule has 2 rings (SSSR count). The maximum atomic E-state index is 13.4. The van der Waals surface area contributed by atoms with Crippen molar-refractivity contribution in [2.75, 3.05) is 0 Å². The molecule has 0 aromatic rings. The zero-order chi connectivity index (χ0) is 25.3. The molecule has 0 radical (unpaired) electrons. The first-order valence-electron chi connectivity index (χ1n) is 12.9. The number of hydrogen-bond acceptors (Lipinski definition) is 4. The molecular weight excluding hydrogens is 416 g/mol. The van der Waals surface area contributed by atoms with Crippen molar-refractivity contribution in [3.8, 4) is 0 Å². The second kappa shape index (κ2) is 9.85. The molecular formula is C27H50N2O4. The summed E-state index contributed by atoms with van der Waals surface area (Å²) in [6.07, 6.45) is 7.50. The van der Waals surface area contributed by atoms with E-state index < -0.39 is 17.4 Å². The van der Waals surface area contributed by atoms with Crippen LogP contribution in [0.3, 0.4) is 0 Å². The van der Waals surface area contributed by atoms with Crippen molar-refractivity contribution in [2.24, 2.45) is 17.3 Å². The summed E-state index contributed by atoms with van der Waals surface area (Å²) in [5.74, 6) is -1.21. The molecule has 0 aromatic carbocycles. The summed E-state index contributed by atoms with van der Waals surface area (Å²) in [6.45, 7) is 17.6. The number of aliphatic carboxylic acids is 2. The third kappa shape index (κ3) is 7.42. The predicted octanol–water partition coefficient (Wildman–Crippen LogP) is 5.60. The van der Waals surface area contributed by atoms with Gasteiger partial charge in [0.2, 0.25) is 0 Å². The van der Waals surface area contributed by atoms with Crippen LogP contribution < -0.4 is 10.6 Å². The Hall–Kier alpha value is -1.14. The van der Waals surface area contributed by atoms with Gasteiger partial charge in [-0.05, 0) is 106 Å². The van der Waals surface area contributed by atoms with Crippen LogP contribution in [0.5, 0.6) is 0 Å². The second-order valence-electron chi connectivity index (χ2n) is 13.6. The maximum Gasteiger partial charge on any atom is 0.310 e. The first-order valence-corrected chi connectivity index (χ1v) is 12.9. The first kappa shape index (κ1) is 28.1. The van der Waals surface area contributed by atoms with Crippen LogP contribution in [0.4, 0.5) is 0 Å². The second-order valence-corrected chi connectivity index (χ2v) is 13.6. The van der Waals surface area contributed by atoms with E-state index in [1.807, 2.05) is 0 Å². The van der Waals surface area contributed by atoms with Crippen LogP contribution >= 0.6 is 0 Å². The van der Waals surface area contributed by atoms with Crippen molar-refractivity contribution in [1.29, 1.82) is 0 Å². The minimum Gasteiger partial charge on any atom is -0.481 e. The van der Waals surface area contributed by atoms with E-state index in [0.29, 0.717) is 12.8 Å². The molecule has 0 aromatic heterocycles. The molecule has 2 aliphatic rings. The SMILES string of the molecule is CC1(C)CC(C(CCCCCCC(=O)O)(C(=O)O)C2CC(C)(C)NC(C)(C)C2)CC(C)(C)N1. The van der Waals surface area contributed by atoms with Gasteiger partial charge in [-0.3, -0.25) is 9.59 Å². The van der Waals surface area contributed by atoms with Gasteiger partial charge in [0.25, 0.3) is 0 Å². The zero-order valence-electron chi connectivity index (χ0n) is 22.4. The molecule has 2 fully saturated rings. The maximum absolute atomic E-state index is 13.4. The Bertz CT molecular complexity index is 641. The summed E-state index contributed by atoms with van der Waals surface area (Å²) < 4.78 is 0. The van der Waals surface area contributed by atoms with Crippen LogP contribution in [0.1, 0.15) is 120 Å². The van der Waals surface area contributed by atoms with Gasteiger partial charge in [-0.1, -0.05) is 19.3 Å². The van der Waals surface area contributed by atoms with E-state index >= 15 is 0 Å². The Balaban J connectivity index is 2.40. The van der Waals surface area contributed by atoms with Gasteiger partial charge in [-0.2, -0.15) is 0 Å². The molecule has 0 amide bonds. The lowest BCUT2D eigenvalue weighted by Gasteiger charge is -2.57. The molecule has 2 aliphatic heterocycles. The molecule has 2 saturated heterocycles. The van der Waals surface area contributed by atoms with E-state index in [1.54, 1.807) is 0 Å². The summed E-state index contributed by atoms with van der Waals surface area (Å²) in [5, 5.41) is 27.4. The van der Waals surface area contributed by atoms with Crippen molar-refractivity contribution in [3.63, 3.8) is 0 Å². The number of carboxylic acids is 2. The minimum atomic E-state index is -0.778. The summed E-state index contributed by atoms with van der Waals surface area (Å²) in [4.78, 5) is 24.2. The van der Waals surface area contributed by atoms with E-state index in [1.165, 1.54) is 0 Å². The number of hydrogen-bond donors (Lipinski definition) is 4. The number of piperidine rings is 2. The topological polar surface area (TPSA) is 98.7 Å². The minimum absolute atomic E-state index is 0.0926. The quantitative estimate of drug-likeness (QED) is 0.313. The fraction of sp³-hybridized carbons (Fsp3) is 0.926. The Morgan fingerprint density at radius 1 is 0.697 bits per heavy atom. The van der Waals surface area contributed by atoms with Gasteiger partial charge in [0.05, 0.1) is 5.41 Å². The third-order valence-electron chi connectivity index (χ3n) is 7.97. The number of carboxylic acid groups (broad SMARTS) is 2. The standard InChI is InChI=1S/C27H50N2O4/c1-23(2)15-19(16-24(3,4)28-23)27(22(32)33,14-12-10-9-11-13-21(30)31)20-17-25(5,6)29-26(7,8)18-20/h19-20,28-29H,9-18H2,1-8H3,(H,30,31)(H,32,33). The van der Waals surface area contributed by atoms with Gasteiger partial charge >= 0.3 is 11.9 Å². The lowest BCUT2D eigenvalue weighted by atomic mass is 9.52. The highest BCUT2D eigenvalue weighted by Gasteiger charge is 2.58. The fourth-order valence-corrected chi connectivity index (χ4v) is 7.62. The summed E-state index contributed by atoms with van der Waals surface area (Å²) >= 11 is 0. The van der Waals surface area contributed by atoms with Gasteiger partial charge in [-0.25, -0.2) is 0 Å². The Kier molecular flexibility index (Phi) is 8.39. The first-order chi connectivity index (χ1) is 14.9. The Morgan fingerprint density at radius 3 is 1.39 bits per heavy atom. The highest BCUT2D eigenvalue weighted by Crippen LogP contribution is 2.55. The average molecular weight is 467 g/mol. The van der Waals surface area contributed by atoms with Crippen molar-refractivity contribution in [2.45, 2.75) is 142 Å². The molecule has 0 unspecified atom stereocenters. The lowest BCUT2D eigenvalue weighted by Crippen LogP contribution is -2.65. The predicted molar refractivity (Wildman–Crippen MR) is 133 cm³/mol. The number of unbranched alkanes of at least 4 members (excludes halogenated alkanes) is 3. The fourth-order valence-electron chi connectivity index (χ4n) is 7.62. The molecule has 0 spiro atoms. The number of rotatable bonds is 10. The summed E-state index contributed by atoms with van der Waals surface area (Å²) in [7, 11) is 0. The van der Waals surface area contributed by atoms with Crippen LogP contribution in [-0.4, -0.2) is 44.3 Å². The molecule has 192 valence electrons. The monoisotopic (exact) mass is 466 g/mol. The molecule has 6 heteroatoms. The van der Waals surface area contributed by atoms with Crippen LogP contribution in [0.15, 0.2) is 0 Å². The number of nitrogens with one attached hydrogen (secondary N) is 2. The van der Waals surface area contributed by atoms with Crippen molar-refractivity contribution in [1.82, 2.24) is 10.6 Å². The van der Waals surface area contributed by atoms with E-state index in [-0.39, 0.29) is 40.4 Å². The third-order valence-corrected chi connectivity index (χ3v) is 7.97. The van der Waals surface area contributed by atoms with Crippen molar-refractivity contribution < 1.29 is 19.8 Å². The molecule has 2 heterocycles. The van der Waals surface area contributed by atoms with E-state index in [4.69, 9.17) is 5.11 Å². The van der Waals surface area contributed by atoms with E-state index in [0.717, 1.165) is 44.9 Å². The van der Waals surface area contributed by atoms with Crippen LogP contribution in [0.25, 0.3) is 0 Å². The van der Waals surface area contributed by atoms with Gasteiger partial charge in [-0.15, -0.1) is 0 Å².